The fraction of sp³-hybridized carbons (Fsp3) is 0.350. The number of thioether (sulfide) groups is 1. The van der Waals surface area contributed by atoms with E-state index in [1.54, 1.807) is 0 Å². The standard InChI is InChI=1S/C20H22N2O3S/c1-14-2-4-15(5-3-14)17-13-26-11-8-22(17)20(23)21-16-6-7-18-19(12-16)25-10-9-24-18/h2-7,12,17H,8-11,13H2,1H3,(H,21,23)/t17-/m1/s1. The van der Waals surface area contributed by atoms with Crippen LogP contribution in [0.2, 0.25) is 0 Å². The Morgan fingerprint density at radius 2 is 1.88 bits per heavy atom. The van der Waals surface area contributed by atoms with E-state index in [2.05, 4.69) is 36.5 Å². The van der Waals surface area contributed by atoms with E-state index >= 15 is 0 Å². The van der Waals surface area contributed by atoms with Gasteiger partial charge in [0, 0.05) is 29.8 Å². The van der Waals surface area contributed by atoms with Gasteiger partial charge in [0.1, 0.15) is 13.2 Å². The Hall–Kier alpha value is -2.34. The van der Waals surface area contributed by atoms with Gasteiger partial charge in [0.05, 0.1) is 6.04 Å². The van der Waals surface area contributed by atoms with Crippen molar-refractivity contribution in [1.82, 2.24) is 4.90 Å². The number of hydrogen-bond donors (Lipinski definition) is 1. The summed E-state index contributed by atoms with van der Waals surface area (Å²) in [5.41, 5.74) is 3.13. The number of rotatable bonds is 2. The molecule has 4 rings (SSSR count). The number of benzene rings is 2. The maximum atomic E-state index is 12.9. The third kappa shape index (κ3) is 3.60. The highest BCUT2D eigenvalue weighted by atomic mass is 32.2. The summed E-state index contributed by atoms with van der Waals surface area (Å²) < 4.78 is 11.1. The van der Waals surface area contributed by atoms with Gasteiger partial charge in [-0.05, 0) is 24.6 Å². The maximum Gasteiger partial charge on any atom is 0.322 e. The number of aryl methyl sites for hydroxylation is 1. The second-order valence-electron chi connectivity index (χ2n) is 6.48. The quantitative estimate of drug-likeness (QED) is 0.865. The summed E-state index contributed by atoms with van der Waals surface area (Å²) in [5, 5.41) is 3.02. The lowest BCUT2D eigenvalue weighted by atomic mass is 10.1. The van der Waals surface area contributed by atoms with Crippen LogP contribution < -0.4 is 14.8 Å². The average molecular weight is 370 g/mol. The second kappa shape index (κ2) is 7.50. The van der Waals surface area contributed by atoms with Crippen LogP contribution in [0.3, 0.4) is 0 Å². The summed E-state index contributed by atoms with van der Waals surface area (Å²) in [7, 11) is 0. The minimum atomic E-state index is -0.0763. The van der Waals surface area contributed by atoms with E-state index in [1.807, 2.05) is 34.9 Å². The van der Waals surface area contributed by atoms with Crippen molar-refractivity contribution in [3.05, 3.63) is 53.6 Å². The van der Waals surface area contributed by atoms with E-state index in [9.17, 15) is 4.79 Å². The summed E-state index contributed by atoms with van der Waals surface area (Å²) >= 11 is 1.89. The fourth-order valence-electron chi connectivity index (χ4n) is 3.23. The average Bonchev–Trinajstić information content (AvgIpc) is 2.68. The molecule has 2 aliphatic heterocycles. The molecule has 2 amide bonds. The first-order valence-corrected chi connectivity index (χ1v) is 9.98. The van der Waals surface area contributed by atoms with Crippen LogP contribution >= 0.6 is 11.8 Å². The third-order valence-electron chi connectivity index (χ3n) is 4.64. The second-order valence-corrected chi connectivity index (χ2v) is 7.63. The van der Waals surface area contributed by atoms with E-state index in [1.165, 1.54) is 11.1 Å². The van der Waals surface area contributed by atoms with Crippen molar-refractivity contribution in [2.24, 2.45) is 0 Å². The van der Waals surface area contributed by atoms with Crippen LogP contribution in [-0.2, 0) is 0 Å². The highest BCUT2D eigenvalue weighted by molar-refractivity contribution is 7.99. The van der Waals surface area contributed by atoms with Gasteiger partial charge in [-0.3, -0.25) is 0 Å². The largest absolute Gasteiger partial charge is 0.486 e. The molecule has 0 aromatic heterocycles. The van der Waals surface area contributed by atoms with Crippen LogP contribution in [-0.4, -0.2) is 42.2 Å². The topological polar surface area (TPSA) is 50.8 Å². The number of nitrogens with zero attached hydrogens (tertiary/aromatic N) is 1. The van der Waals surface area contributed by atoms with E-state index in [4.69, 9.17) is 9.47 Å². The van der Waals surface area contributed by atoms with Crippen LogP contribution in [0.15, 0.2) is 42.5 Å². The van der Waals surface area contributed by atoms with E-state index in [0.717, 1.165) is 29.5 Å². The highest BCUT2D eigenvalue weighted by Gasteiger charge is 2.28. The summed E-state index contributed by atoms with van der Waals surface area (Å²) in [5.74, 6) is 3.27. The summed E-state index contributed by atoms with van der Waals surface area (Å²) in [6.45, 7) is 3.90. The van der Waals surface area contributed by atoms with Crippen molar-refractivity contribution < 1.29 is 14.3 Å². The number of carbonyl (C=O) groups is 1. The molecule has 5 nitrogen and oxygen atoms in total. The summed E-state index contributed by atoms with van der Waals surface area (Å²) in [6, 6.07) is 14.0. The molecule has 6 heteroatoms. The SMILES string of the molecule is Cc1ccc([C@H]2CSCCN2C(=O)Nc2ccc3c(c2)OCCO3)cc1. The zero-order valence-electron chi connectivity index (χ0n) is 14.7. The Bertz CT molecular complexity index is 794. The molecule has 1 saturated heterocycles. The number of carbonyl (C=O) groups excluding carboxylic acids is 1. The van der Waals surface area contributed by atoms with Gasteiger partial charge >= 0.3 is 6.03 Å². The Labute approximate surface area is 157 Å². The van der Waals surface area contributed by atoms with Crippen LogP contribution in [0.25, 0.3) is 0 Å². The highest BCUT2D eigenvalue weighted by Crippen LogP contribution is 2.34. The van der Waals surface area contributed by atoms with Crippen molar-refractivity contribution in [3.63, 3.8) is 0 Å². The van der Waals surface area contributed by atoms with Gasteiger partial charge in [0.25, 0.3) is 0 Å². The zero-order chi connectivity index (χ0) is 17.9. The van der Waals surface area contributed by atoms with Gasteiger partial charge in [-0.2, -0.15) is 11.8 Å². The van der Waals surface area contributed by atoms with E-state index in [0.29, 0.717) is 19.0 Å². The number of urea groups is 1. The lowest BCUT2D eigenvalue weighted by Gasteiger charge is -2.35. The smallest absolute Gasteiger partial charge is 0.322 e. The van der Waals surface area contributed by atoms with Gasteiger partial charge < -0.3 is 19.7 Å². The van der Waals surface area contributed by atoms with Crippen LogP contribution in [0.4, 0.5) is 10.5 Å². The molecule has 2 aliphatic rings. The molecule has 26 heavy (non-hydrogen) atoms. The third-order valence-corrected chi connectivity index (χ3v) is 5.67. The van der Waals surface area contributed by atoms with Crippen molar-refractivity contribution in [1.29, 1.82) is 0 Å². The fourth-order valence-corrected chi connectivity index (χ4v) is 4.32. The number of ether oxygens (including phenoxy) is 2. The van der Waals surface area contributed by atoms with Gasteiger partial charge in [0.15, 0.2) is 11.5 Å². The molecule has 2 aromatic carbocycles. The van der Waals surface area contributed by atoms with Crippen LogP contribution in [0.1, 0.15) is 17.2 Å². The van der Waals surface area contributed by atoms with Gasteiger partial charge in [0.2, 0.25) is 0 Å². The number of amides is 2. The maximum absolute atomic E-state index is 12.9. The van der Waals surface area contributed by atoms with E-state index < -0.39 is 0 Å². The van der Waals surface area contributed by atoms with Crippen LogP contribution in [0, 0.1) is 6.92 Å². The number of hydrogen-bond acceptors (Lipinski definition) is 4. The van der Waals surface area contributed by atoms with Crippen molar-refractivity contribution in [2.75, 3.05) is 36.6 Å². The molecular weight excluding hydrogens is 348 g/mol. The molecule has 1 atom stereocenters. The summed E-state index contributed by atoms with van der Waals surface area (Å²) in [4.78, 5) is 14.8. The zero-order valence-corrected chi connectivity index (χ0v) is 15.6. The molecule has 2 heterocycles. The van der Waals surface area contributed by atoms with Crippen molar-refractivity contribution in [2.45, 2.75) is 13.0 Å². The minimum Gasteiger partial charge on any atom is -0.486 e. The first-order valence-electron chi connectivity index (χ1n) is 8.82. The Morgan fingerprint density at radius 3 is 2.69 bits per heavy atom. The minimum absolute atomic E-state index is 0.0763. The Morgan fingerprint density at radius 1 is 1.12 bits per heavy atom. The monoisotopic (exact) mass is 370 g/mol. The number of fused-ring (bicyclic) bond motifs is 1. The first-order chi connectivity index (χ1) is 12.7. The van der Waals surface area contributed by atoms with Crippen LogP contribution in [0.5, 0.6) is 11.5 Å². The van der Waals surface area contributed by atoms with Crippen molar-refractivity contribution >= 4 is 23.5 Å². The molecule has 1 N–H and O–H groups in total. The molecule has 0 aliphatic carbocycles. The number of anilines is 1. The lowest BCUT2D eigenvalue weighted by molar-refractivity contribution is 0.171. The molecular formula is C20H22N2O3S. The molecule has 2 aromatic rings. The molecule has 0 saturated carbocycles. The summed E-state index contributed by atoms with van der Waals surface area (Å²) in [6.07, 6.45) is 0. The van der Waals surface area contributed by atoms with Gasteiger partial charge in [-0.1, -0.05) is 29.8 Å². The van der Waals surface area contributed by atoms with Gasteiger partial charge in [-0.15, -0.1) is 0 Å². The molecule has 0 spiro atoms. The van der Waals surface area contributed by atoms with Gasteiger partial charge in [-0.25, -0.2) is 4.79 Å². The molecule has 0 radical (unpaired) electrons. The molecule has 0 bridgehead atoms. The normalized spacial score (nSPS) is 19.1. The Balaban J connectivity index is 1.51. The molecule has 1 fully saturated rings. The molecule has 0 unspecified atom stereocenters. The lowest BCUT2D eigenvalue weighted by Crippen LogP contribution is -2.43. The molecule has 136 valence electrons. The van der Waals surface area contributed by atoms with Crippen molar-refractivity contribution in [3.8, 4) is 11.5 Å². The first kappa shape index (κ1) is 17.1. The number of nitrogens with one attached hydrogen (secondary N) is 1. The van der Waals surface area contributed by atoms with E-state index in [-0.39, 0.29) is 12.1 Å². The predicted octanol–water partition coefficient (Wildman–Crippen LogP) is 4.09. The predicted molar refractivity (Wildman–Crippen MR) is 104 cm³/mol. The Kier molecular flexibility index (Phi) is 4.93.